The van der Waals surface area contributed by atoms with Gasteiger partial charge in [-0.1, -0.05) is 12.1 Å². The van der Waals surface area contributed by atoms with Crippen molar-refractivity contribution in [3.63, 3.8) is 0 Å². The first-order chi connectivity index (χ1) is 9.99. The van der Waals surface area contributed by atoms with E-state index in [1.54, 1.807) is 18.2 Å². The van der Waals surface area contributed by atoms with Crippen molar-refractivity contribution in [2.45, 2.75) is 51.7 Å². The summed E-state index contributed by atoms with van der Waals surface area (Å²) >= 11 is 0. The Bertz CT molecular complexity index is 520. The maximum absolute atomic E-state index is 12.3. The summed E-state index contributed by atoms with van der Waals surface area (Å²) in [6.45, 7) is 4.48. The van der Waals surface area contributed by atoms with E-state index in [0.717, 1.165) is 24.8 Å². The third kappa shape index (κ3) is 3.74. The number of hydrogen-bond donors (Lipinski definition) is 2. The van der Waals surface area contributed by atoms with E-state index in [2.05, 4.69) is 19.2 Å². The summed E-state index contributed by atoms with van der Waals surface area (Å²) in [5.41, 5.74) is 1.03. The van der Waals surface area contributed by atoms with Gasteiger partial charge in [-0.2, -0.15) is 0 Å². The Labute approximate surface area is 125 Å². The van der Waals surface area contributed by atoms with Crippen LogP contribution in [-0.4, -0.2) is 34.1 Å². The van der Waals surface area contributed by atoms with E-state index in [1.165, 1.54) is 0 Å². The molecule has 0 aromatic heterocycles. The largest absolute Gasteiger partial charge is 0.478 e. The van der Waals surface area contributed by atoms with Gasteiger partial charge < -0.3 is 15.3 Å². The van der Waals surface area contributed by atoms with Crippen molar-refractivity contribution < 1.29 is 14.7 Å². The average molecular weight is 290 g/mol. The molecule has 1 saturated heterocycles. The van der Waals surface area contributed by atoms with Gasteiger partial charge in [0.2, 0.25) is 0 Å². The lowest BCUT2D eigenvalue weighted by molar-refractivity contribution is 0.0696. The molecule has 1 aliphatic heterocycles. The zero-order valence-corrected chi connectivity index (χ0v) is 12.5. The van der Waals surface area contributed by atoms with Crippen LogP contribution < -0.4 is 5.32 Å². The summed E-state index contributed by atoms with van der Waals surface area (Å²) in [6, 6.07) is 7.06. The Morgan fingerprint density at radius 2 is 1.95 bits per heavy atom. The van der Waals surface area contributed by atoms with Crippen LogP contribution in [0.2, 0.25) is 0 Å². The lowest BCUT2D eigenvalue weighted by Gasteiger charge is -2.38. The molecule has 0 saturated carbocycles. The van der Waals surface area contributed by atoms with Crippen molar-refractivity contribution in [2.75, 3.05) is 0 Å². The Kier molecular flexibility index (Phi) is 4.83. The highest BCUT2D eigenvalue weighted by molar-refractivity contribution is 5.87. The topological polar surface area (TPSA) is 69.6 Å². The molecular weight excluding hydrogens is 268 g/mol. The van der Waals surface area contributed by atoms with Gasteiger partial charge in [-0.25, -0.2) is 9.59 Å². The fraction of sp³-hybridized carbons (Fsp3) is 0.500. The molecule has 2 N–H and O–H groups in total. The number of hydrogen-bond acceptors (Lipinski definition) is 2. The van der Waals surface area contributed by atoms with Gasteiger partial charge in [-0.15, -0.1) is 0 Å². The van der Waals surface area contributed by atoms with E-state index >= 15 is 0 Å². The number of piperidine rings is 1. The first kappa shape index (κ1) is 15.4. The predicted octanol–water partition coefficient (Wildman–Crippen LogP) is 2.86. The lowest BCUT2D eigenvalue weighted by atomic mass is 9.98. The van der Waals surface area contributed by atoms with Crippen molar-refractivity contribution in [1.82, 2.24) is 10.2 Å². The van der Waals surface area contributed by atoms with Crippen LogP contribution in [0.1, 0.15) is 49.0 Å². The molecule has 0 bridgehead atoms. The second kappa shape index (κ2) is 6.61. The molecule has 5 nitrogen and oxygen atoms in total. The smallest absolute Gasteiger partial charge is 0.335 e. The summed E-state index contributed by atoms with van der Waals surface area (Å²) in [5.74, 6) is -0.957. The molecule has 2 amide bonds. The molecule has 2 atom stereocenters. The van der Waals surface area contributed by atoms with Crippen LogP contribution in [0.15, 0.2) is 24.3 Å². The molecule has 0 unspecified atom stereocenters. The Morgan fingerprint density at radius 3 is 2.57 bits per heavy atom. The molecule has 0 spiro atoms. The van der Waals surface area contributed by atoms with Gasteiger partial charge >= 0.3 is 12.0 Å². The third-order valence-corrected chi connectivity index (χ3v) is 4.05. The van der Waals surface area contributed by atoms with Crippen molar-refractivity contribution in [2.24, 2.45) is 0 Å². The van der Waals surface area contributed by atoms with Crippen molar-refractivity contribution in [3.8, 4) is 0 Å². The van der Waals surface area contributed by atoms with Gasteiger partial charge in [-0.3, -0.25) is 0 Å². The highest BCUT2D eigenvalue weighted by Crippen LogP contribution is 2.22. The SMILES string of the molecule is C[C@@H]1CCC[C@H](C)N1C(=O)NCc1cccc(C(=O)O)c1. The van der Waals surface area contributed by atoms with Gasteiger partial charge in [0.25, 0.3) is 0 Å². The minimum atomic E-state index is -0.957. The minimum Gasteiger partial charge on any atom is -0.478 e. The summed E-state index contributed by atoms with van der Waals surface area (Å²) < 4.78 is 0. The summed E-state index contributed by atoms with van der Waals surface area (Å²) in [6.07, 6.45) is 3.23. The van der Waals surface area contributed by atoms with Crippen molar-refractivity contribution in [1.29, 1.82) is 0 Å². The monoisotopic (exact) mass is 290 g/mol. The normalized spacial score (nSPS) is 21.9. The number of benzene rings is 1. The Morgan fingerprint density at radius 1 is 1.29 bits per heavy atom. The van der Waals surface area contributed by atoms with Crippen LogP contribution in [-0.2, 0) is 6.54 Å². The molecule has 1 aromatic rings. The van der Waals surface area contributed by atoms with E-state index in [1.807, 2.05) is 11.0 Å². The summed E-state index contributed by atoms with van der Waals surface area (Å²) in [5, 5.41) is 11.9. The number of carbonyl (C=O) groups is 2. The molecule has 0 radical (unpaired) electrons. The van der Waals surface area contributed by atoms with Crippen LogP contribution >= 0.6 is 0 Å². The molecular formula is C16H22N2O3. The van der Waals surface area contributed by atoms with Crippen molar-refractivity contribution in [3.05, 3.63) is 35.4 Å². The van der Waals surface area contributed by atoms with E-state index in [0.29, 0.717) is 6.54 Å². The fourth-order valence-corrected chi connectivity index (χ4v) is 2.90. The van der Waals surface area contributed by atoms with E-state index in [-0.39, 0.29) is 23.7 Å². The van der Waals surface area contributed by atoms with Crippen LogP contribution in [0, 0.1) is 0 Å². The first-order valence-electron chi connectivity index (χ1n) is 7.37. The summed E-state index contributed by atoms with van der Waals surface area (Å²) in [4.78, 5) is 25.1. The Hall–Kier alpha value is -2.04. The number of carboxylic acid groups (broad SMARTS) is 1. The zero-order valence-electron chi connectivity index (χ0n) is 12.5. The van der Waals surface area contributed by atoms with E-state index in [4.69, 9.17) is 5.11 Å². The molecule has 0 aliphatic carbocycles. The molecule has 1 aliphatic rings. The van der Waals surface area contributed by atoms with Gasteiger partial charge in [0.1, 0.15) is 0 Å². The number of carbonyl (C=O) groups excluding carboxylic acids is 1. The molecule has 5 heteroatoms. The second-order valence-electron chi connectivity index (χ2n) is 5.70. The third-order valence-electron chi connectivity index (χ3n) is 4.05. The molecule has 2 rings (SSSR count). The number of rotatable bonds is 3. The number of urea groups is 1. The zero-order chi connectivity index (χ0) is 15.4. The fourth-order valence-electron chi connectivity index (χ4n) is 2.90. The van der Waals surface area contributed by atoms with Gasteiger partial charge in [0.15, 0.2) is 0 Å². The second-order valence-corrected chi connectivity index (χ2v) is 5.70. The quantitative estimate of drug-likeness (QED) is 0.899. The van der Waals surface area contributed by atoms with Crippen LogP contribution in [0.3, 0.4) is 0 Å². The van der Waals surface area contributed by atoms with Gasteiger partial charge in [-0.05, 0) is 50.8 Å². The van der Waals surface area contributed by atoms with Crippen LogP contribution in [0.4, 0.5) is 4.79 Å². The number of nitrogens with one attached hydrogen (secondary N) is 1. The average Bonchev–Trinajstić information content (AvgIpc) is 2.45. The maximum Gasteiger partial charge on any atom is 0.335 e. The molecule has 1 heterocycles. The maximum atomic E-state index is 12.3. The van der Waals surface area contributed by atoms with Crippen molar-refractivity contribution >= 4 is 12.0 Å². The molecule has 1 aromatic carbocycles. The van der Waals surface area contributed by atoms with Crippen LogP contribution in [0.5, 0.6) is 0 Å². The number of aromatic carboxylic acids is 1. The number of carboxylic acids is 1. The number of nitrogens with zero attached hydrogens (tertiary/aromatic N) is 1. The molecule has 21 heavy (non-hydrogen) atoms. The predicted molar refractivity (Wildman–Crippen MR) is 80.3 cm³/mol. The van der Waals surface area contributed by atoms with E-state index in [9.17, 15) is 9.59 Å². The Balaban J connectivity index is 1.97. The molecule has 114 valence electrons. The minimum absolute atomic E-state index is 0.0737. The number of likely N-dealkylation sites (tertiary alicyclic amines) is 1. The standard InChI is InChI=1S/C16H22N2O3/c1-11-5-3-6-12(2)18(11)16(21)17-10-13-7-4-8-14(9-13)15(19)20/h4,7-9,11-12H,3,5-6,10H2,1-2H3,(H,17,21)(H,19,20)/t11-,12+. The highest BCUT2D eigenvalue weighted by Gasteiger charge is 2.28. The highest BCUT2D eigenvalue weighted by atomic mass is 16.4. The first-order valence-corrected chi connectivity index (χ1v) is 7.37. The van der Waals surface area contributed by atoms with Gasteiger partial charge in [0, 0.05) is 18.6 Å². The lowest BCUT2D eigenvalue weighted by Crippen LogP contribution is -2.51. The van der Waals surface area contributed by atoms with Gasteiger partial charge in [0.05, 0.1) is 5.56 Å². The molecule has 1 fully saturated rings. The van der Waals surface area contributed by atoms with E-state index < -0.39 is 5.97 Å². The number of amides is 2. The summed E-state index contributed by atoms with van der Waals surface area (Å²) in [7, 11) is 0. The van der Waals surface area contributed by atoms with Crippen LogP contribution in [0.25, 0.3) is 0 Å².